The molecule has 20 heavy (non-hydrogen) atoms. The van der Waals surface area contributed by atoms with Crippen LogP contribution in [0, 0.1) is 11.3 Å². The zero-order valence-corrected chi connectivity index (χ0v) is 12.5. The van der Waals surface area contributed by atoms with Gasteiger partial charge in [0.2, 0.25) is 5.91 Å². The van der Waals surface area contributed by atoms with Gasteiger partial charge in [0.1, 0.15) is 0 Å². The van der Waals surface area contributed by atoms with E-state index in [1.54, 1.807) is 0 Å². The lowest BCUT2D eigenvalue weighted by molar-refractivity contribution is -0.128. The van der Waals surface area contributed by atoms with Crippen molar-refractivity contribution in [2.45, 2.75) is 44.9 Å². The van der Waals surface area contributed by atoms with E-state index >= 15 is 0 Å². The summed E-state index contributed by atoms with van der Waals surface area (Å²) in [4.78, 5) is 16.1. The van der Waals surface area contributed by atoms with Crippen LogP contribution in [0.3, 0.4) is 0 Å². The summed E-state index contributed by atoms with van der Waals surface area (Å²) >= 11 is 0. The predicted molar refractivity (Wildman–Crippen MR) is 78.3 cm³/mol. The number of carbonyl (C=O) groups is 1. The molecule has 114 valence electrons. The number of likely N-dealkylation sites (tertiary alicyclic amines) is 2. The highest BCUT2D eigenvalue weighted by Gasteiger charge is 2.39. The van der Waals surface area contributed by atoms with Crippen LogP contribution in [0.15, 0.2) is 0 Å². The van der Waals surface area contributed by atoms with E-state index in [0.717, 1.165) is 51.5 Å². The van der Waals surface area contributed by atoms with Crippen LogP contribution in [0.5, 0.6) is 0 Å². The minimum absolute atomic E-state index is 0.147. The van der Waals surface area contributed by atoms with Crippen LogP contribution < -0.4 is 0 Å². The molecule has 3 fully saturated rings. The van der Waals surface area contributed by atoms with Crippen LogP contribution in [0.1, 0.15) is 44.9 Å². The third kappa shape index (κ3) is 3.34. The first-order chi connectivity index (χ1) is 9.71. The molecule has 0 aromatic heterocycles. The molecule has 4 nitrogen and oxygen atoms in total. The molecule has 0 aromatic carbocycles. The van der Waals surface area contributed by atoms with Crippen molar-refractivity contribution in [3.63, 3.8) is 0 Å². The van der Waals surface area contributed by atoms with Gasteiger partial charge in [0.05, 0.1) is 0 Å². The van der Waals surface area contributed by atoms with E-state index in [1.165, 1.54) is 32.1 Å². The fourth-order valence-corrected chi connectivity index (χ4v) is 4.00. The summed E-state index contributed by atoms with van der Waals surface area (Å²) in [5.41, 5.74) is 0.147. The van der Waals surface area contributed by atoms with Gasteiger partial charge in [0.15, 0.2) is 0 Å². The average molecular weight is 280 g/mol. The Kier molecular flexibility index (Phi) is 4.32. The van der Waals surface area contributed by atoms with Crippen molar-refractivity contribution in [2.24, 2.45) is 11.3 Å². The maximum Gasteiger partial charge on any atom is 0.222 e. The number of piperidine rings is 1. The van der Waals surface area contributed by atoms with Gasteiger partial charge in [-0.2, -0.15) is 0 Å². The standard InChI is InChI=1S/C16H28N2O2/c19-13-16(11-14-4-5-14)6-2-7-17(12-16)9-10-18-8-1-3-15(18)20/h14,19H,1-13H2/t16-/m0/s1. The van der Waals surface area contributed by atoms with Gasteiger partial charge >= 0.3 is 0 Å². The number of hydrogen-bond acceptors (Lipinski definition) is 3. The van der Waals surface area contributed by atoms with Crippen molar-refractivity contribution in [3.8, 4) is 0 Å². The topological polar surface area (TPSA) is 43.8 Å². The number of aliphatic hydroxyl groups excluding tert-OH is 1. The number of carbonyl (C=O) groups excluding carboxylic acids is 1. The second-order valence-electron chi connectivity index (χ2n) is 7.17. The first kappa shape index (κ1) is 14.3. The van der Waals surface area contributed by atoms with Crippen LogP contribution >= 0.6 is 0 Å². The van der Waals surface area contributed by atoms with E-state index in [-0.39, 0.29) is 5.41 Å². The highest BCUT2D eigenvalue weighted by atomic mass is 16.3. The summed E-state index contributed by atoms with van der Waals surface area (Å²) in [5.74, 6) is 1.20. The Morgan fingerprint density at radius 1 is 1.20 bits per heavy atom. The maximum absolute atomic E-state index is 11.7. The Balaban J connectivity index is 1.50. The molecule has 1 amide bonds. The van der Waals surface area contributed by atoms with Gasteiger partial charge in [0.25, 0.3) is 0 Å². The number of hydrogen-bond donors (Lipinski definition) is 1. The van der Waals surface area contributed by atoms with Crippen molar-refractivity contribution in [1.29, 1.82) is 0 Å². The van der Waals surface area contributed by atoms with Crippen molar-refractivity contribution in [3.05, 3.63) is 0 Å². The number of nitrogens with zero attached hydrogens (tertiary/aromatic N) is 2. The highest BCUT2D eigenvalue weighted by Crippen LogP contribution is 2.44. The predicted octanol–water partition coefficient (Wildman–Crippen LogP) is 1.48. The van der Waals surface area contributed by atoms with Gasteiger partial charge in [-0.1, -0.05) is 12.8 Å². The van der Waals surface area contributed by atoms with E-state index < -0.39 is 0 Å². The Bertz CT molecular complexity index is 356. The monoisotopic (exact) mass is 280 g/mol. The molecule has 0 aromatic rings. The summed E-state index contributed by atoms with van der Waals surface area (Å²) < 4.78 is 0. The van der Waals surface area contributed by atoms with Crippen LogP contribution in [0.4, 0.5) is 0 Å². The first-order valence-corrected chi connectivity index (χ1v) is 8.32. The average Bonchev–Trinajstić information content (AvgIpc) is 3.17. The van der Waals surface area contributed by atoms with Crippen molar-refractivity contribution < 1.29 is 9.90 Å². The SMILES string of the molecule is O=C1CCCN1CCN1CCC[C@](CO)(CC2CC2)C1. The zero-order valence-electron chi connectivity index (χ0n) is 12.5. The van der Waals surface area contributed by atoms with Crippen LogP contribution in [0.2, 0.25) is 0 Å². The molecule has 2 heterocycles. The number of rotatable bonds is 6. The number of amides is 1. The van der Waals surface area contributed by atoms with Crippen molar-refractivity contribution in [1.82, 2.24) is 9.80 Å². The van der Waals surface area contributed by atoms with Gasteiger partial charge in [-0.15, -0.1) is 0 Å². The Morgan fingerprint density at radius 3 is 2.70 bits per heavy atom. The van der Waals surface area contributed by atoms with Crippen molar-refractivity contribution >= 4 is 5.91 Å². The summed E-state index contributed by atoms with van der Waals surface area (Å²) in [6.07, 6.45) is 8.08. The summed E-state index contributed by atoms with van der Waals surface area (Å²) in [5, 5.41) is 9.87. The summed E-state index contributed by atoms with van der Waals surface area (Å²) in [6, 6.07) is 0. The van der Waals surface area contributed by atoms with E-state index in [0.29, 0.717) is 12.5 Å². The molecule has 0 unspecified atom stereocenters. The second kappa shape index (κ2) is 6.02. The maximum atomic E-state index is 11.7. The fraction of sp³-hybridized carbons (Fsp3) is 0.938. The van der Waals surface area contributed by atoms with Crippen molar-refractivity contribution in [2.75, 3.05) is 39.3 Å². The molecule has 1 atom stereocenters. The quantitative estimate of drug-likeness (QED) is 0.801. The summed E-state index contributed by atoms with van der Waals surface area (Å²) in [7, 11) is 0. The molecule has 1 saturated carbocycles. The molecule has 1 aliphatic carbocycles. The zero-order chi connectivity index (χ0) is 14.0. The van der Waals surface area contributed by atoms with E-state index in [2.05, 4.69) is 4.90 Å². The van der Waals surface area contributed by atoms with Crippen LogP contribution in [-0.2, 0) is 4.79 Å². The van der Waals surface area contributed by atoms with Gasteiger partial charge in [-0.25, -0.2) is 0 Å². The van der Waals surface area contributed by atoms with Gasteiger partial charge in [0, 0.05) is 44.6 Å². The molecular formula is C16H28N2O2. The first-order valence-electron chi connectivity index (χ1n) is 8.32. The molecule has 2 aliphatic heterocycles. The fourth-order valence-electron chi connectivity index (χ4n) is 4.00. The lowest BCUT2D eigenvalue weighted by atomic mass is 9.76. The largest absolute Gasteiger partial charge is 0.396 e. The minimum atomic E-state index is 0.147. The van der Waals surface area contributed by atoms with Crippen LogP contribution in [-0.4, -0.2) is 60.1 Å². The molecule has 0 spiro atoms. The Labute approximate surface area is 122 Å². The van der Waals surface area contributed by atoms with Gasteiger partial charge in [-0.05, 0) is 38.1 Å². The third-order valence-electron chi connectivity index (χ3n) is 5.35. The third-order valence-corrected chi connectivity index (χ3v) is 5.35. The second-order valence-corrected chi connectivity index (χ2v) is 7.17. The molecule has 0 bridgehead atoms. The van der Waals surface area contributed by atoms with E-state index in [1.807, 2.05) is 4.90 Å². The molecule has 2 saturated heterocycles. The van der Waals surface area contributed by atoms with Crippen LogP contribution in [0.25, 0.3) is 0 Å². The Morgan fingerprint density at radius 2 is 2.05 bits per heavy atom. The minimum Gasteiger partial charge on any atom is -0.396 e. The number of aliphatic hydroxyl groups is 1. The normalized spacial score (nSPS) is 32.0. The summed E-state index contributed by atoms with van der Waals surface area (Å²) in [6.45, 7) is 5.31. The lowest BCUT2D eigenvalue weighted by Crippen LogP contribution is -2.48. The Hall–Kier alpha value is -0.610. The van der Waals surface area contributed by atoms with Gasteiger partial charge < -0.3 is 14.9 Å². The molecule has 4 heteroatoms. The molecule has 3 aliphatic rings. The molecule has 0 radical (unpaired) electrons. The molecular weight excluding hydrogens is 252 g/mol. The van der Waals surface area contributed by atoms with E-state index in [4.69, 9.17) is 0 Å². The molecule has 1 N–H and O–H groups in total. The highest BCUT2D eigenvalue weighted by molar-refractivity contribution is 5.78. The van der Waals surface area contributed by atoms with Gasteiger partial charge in [-0.3, -0.25) is 4.79 Å². The van der Waals surface area contributed by atoms with E-state index in [9.17, 15) is 9.90 Å². The smallest absolute Gasteiger partial charge is 0.222 e. The lowest BCUT2D eigenvalue weighted by Gasteiger charge is -2.42. The molecule has 3 rings (SSSR count).